The van der Waals surface area contributed by atoms with Gasteiger partial charge in [0.15, 0.2) is 11.5 Å². The maximum absolute atomic E-state index is 13.2. The van der Waals surface area contributed by atoms with E-state index in [1.165, 1.54) is 16.5 Å². The summed E-state index contributed by atoms with van der Waals surface area (Å²) in [5.74, 6) is 1.19. The van der Waals surface area contributed by atoms with Crippen LogP contribution in [0.5, 0.6) is 11.5 Å². The van der Waals surface area contributed by atoms with Crippen LogP contribution >= 0.6 is 0 Å². The van der Waals surface area contributed by atoms with Crippen LogP contribution < -0.4 is 9.47 Å². The minimum absolute atomic E-state index is 0.00377. The number of nitrogens with one attached hydrogen (secondary N) is 1. The van der Waals surface area contributed by atoms with E-state index in [1.54, 1.807) is 20.3 Å². The lowest BCUT2D eigenvalue weighted by atomic mass is 9.98. The van der Waals surface area contributed by atoms with E-state index in [-0.39, 0.29) is 5.91 Å². The number of methoxy groups -OCH3 is 2. The monoisotopic (exact) mass is 402 g/mol. The molecule has 1 N–H and O–H groups in total. The first-order valence-corrected chi connectivity index (χ1v) is 10.1. The van der Waals surface area contributed by atoms with Crippen molar-refractivity contribution < 1.29 is 14.3 Å². The molecule has 0 radical (unpaired) electrons. The van der Waals surface area contributed by atoms with Gasteiger partial charge in [-0.1, -0.05) is 36.4 Å². The van der Waals surface area contributed by atoms with Gasteiger partial charge in [0.25, 0.3) is 5.91 Å². The summed E-state index contributed by atoms with van der Waals surface area (Å²) < 4.78 is 10.9. The first-order valence-electron chi connectivity index (χ1n) is 10.1. The average Bonchev–Trinajstić information content (AvgIpc) is 3.22. The van der Waals surface area contributed by atoms with Gasteiger partial charge in [-0.05, 0) is 37.1 Å². The minimum Gasteiger partial charge on any atom is -0.493 e. The van der Waals surface area contributed by atoms with Crippen LogP contribution in [0.2, 0.25) is 0 Å². The predicted octanol–water partition coefficient (Wildman–Crippen LogP) is 5.15. The molecule has 1 aliphatic heterocycles. The molecule has 4 rings (SSSR count). The Morgan fingerprint density at radius 1 is 1.17 bits per heavy atom. The molecule has 1 amide bonds. The van der Waals surface area contributed by atoms with E-state index < -0.39 is 0 Å². The number of H-pyrrole nitrogens is 1. The molecular formula is C25H26N2O3. The fourth-order valence-corrected chi connectivity index (χ4v) is 4.04. The second kappa shape index (κ2) is 8.49. The number of nitrogens with zero attached hydrogens (tertiary/aromatic N) is 1. The SMILES string of the molecule is C/C=C/c1cc(C(=O)N2CC=C(c3c[nH]c4ccccc34)CC2)cc(OC)c1OC. The normalized spacial score (nSPS) is 14.2. The third-order valence-electron chi connectivity index (χ3n) is 5.53. The van der Waals surface area contributed by atoms with Crippen molar-refractivity contribution >= 4 is 28.5 Å². The van der Waals surface area contributed by atoms with Crippen molar-refractivity contribution in [2.45, 2.75) is 13.3 Å². The number of ether oxygens (including phenoxy) is 2. The van der Waals surface area contributed by atoms with Crippen LogP contribution in [0.4, 0.5) is 0 Å². The molecule has 1 aromatic heterocycles. The second-order valence-corrected chi connectivity index (χ2v) is 7.28. The standard InChI is InChI=1S/C25H26N2O3/c1-4-7-18-14-19(15-23(29-2)24(18)30-3)25(28)27-12-10-17(11-13-27)21-16-26-22-9-6-5-8-20(21)22/h4-10,14-16,26H,11-13H2,1-3H3/b7-4+. The fraction of sp³-hybridized carbons (Fsp3) is 0.240. The van der Waals surface area contributed by atoms with Crippen molar-refractivity contribution in [3.8, 4) is 11.5 Å². The van der Waals surface area contributed by atoms with Gasteiger partial charge in [-0.2, -0.15) is 0 Å². The Balaban J connectivity index is 1.59. The number of carbonyl (C=O) groups excluding carboxylic acids is 1. The molecule has 0 bridgehead atoms. The van der Waals surface area contributed by atoms with Crippen molar-refractivity contribution in [1.82, 2.24) is 9.88 Å². The van der Waals surface area contributed by atoms with Crippen molar-refractivity contribution in [2.24, 2.45) is 0 Å². The van der Waals surface area contributed by atoms with E-state index in [1.807, 2.05) is 36.1 Å². The molecule has 0 aliphatic carbocycles. The molecule has 5 heteroatoms. The number of allylic oxidation sites excluding steroid dienone is 1. The lowest BCUT2D eigenvalue weighted by molar-refractivity contribution is 0.0772. The lowest BCUT2D eigenvalue weighted by Crippen LogP contribution is -2.34. The Hall–Kier alpha value is -3.47. The molecule has 1 aliphatic rings. The summed E-state index contributed by atoms with van der Waals surface area (Å²) >= 11 is 0. The molecule has 0 atom stereocenters. The molecule has 0 saturated heterocycles. The van der Waals surface area contributed by atoms with E-state index in [4.69, 9.17) is 9.47 Å². The average molecular weight is 402 g/mol. The van der Waals surface area contributed by atoms with Crippen LogP contribution in [0.1, 0.15) is 34.8 Å². The van der Waals surface area contributed by atoms with E-state index in [0.717, 1.165) is 17.5 Å². The molecule has 0 unspecified atom stereocenters. The summed E-state index contributed by atoms with van der Waals surface area (Å²) in [5, 5.41) is 1.22. The Bertz CT molecular complexity index is 1140. The van der Waals surface area contributed by atoms with Crippen LogP contribution in [-0.2, 0) is 0 Å². The minimum atomic E-state index is -0.00377. The summed E-state index contributed by atoms with van der Waals surface area (Å²) in [6.07, 6.45) is 8.88. The highest BCUT2D eigenvalue weighted by molar-refractivity contribution is 5.97. The Labute approximate surface area is 176 Å². The van der Waals surface area contributed by atoms with E-state index in [9.17, 15) is 4.79 Å². The second-order valence-electron chi connectivity index (χ2n) is 7.28. The van der Waals surface area contributed by atoms with Gasteiger partial charge < -0.3 is 19.4 Å². The van der Waals surface area contributed by atoms with E-state index in [0.29, 0.717) is 30.2 Å². The van der Waals surface area contributed by atoms with Gasteiger partial charge in [0, 0.05) is 46.9 Å². The van der Waals surface area contributed by atoms with Crippen molar-refractivity contribution in [2.75, 3.05) is 27.3 Å². The van der Waals surface area contributed by atoms with Crippen LogP contribution in [-0.4, -0.2) is 43.1 Å². The number of hydrogen-bond acceptors (Lipinski definition) is 3. The van der Waals surface area contributed by atoms with Gasteiger partial charge >= 0.3 is 0 Å². The number of aromatic amines is 1. The van der Waals surface area contributed by atoms with Crippen LogP contribution in [0.15, 0.2) is 54.7 Å². The Morgan fingerprint density at radius 3 is 2.70 bits per heavy atom. The third kappa shape index (κ3) is 3.59. The number of fused-ring (bicyclic) bond motifs is 1. The Kier molecular flexibility index (Phi) is 5.61. The molecule has 2 aromatic carbocycles. The summed E-state index contributed by atoms with van der Waals surface area (Å²) in [6.45, 7) is 3.19. The zero-order chi connectivity index (χ0) is 21.1. The van der Waals surface area contributed by atoms with Gasteiger partial charge in [-0.15, -0.1) is 0 Å². The maximum atomic E-state index is 13.2. The summed E-state index contributed by atoms with van der Waals surface area (Å²) in [5.41, 5.74) is 5.06. The number of rotatable bonds is 5. The van der Waals surface area contributed by atoms with E-state index >= 15 is 0 Å². The molecule has 30 heavy (non-hydrogen) atoms. The van der Waals surface area contributed by atoms with Crippen LogP contribution in [0.25, 0.3) is 22.6 Å². The molecule has 0 fully saturated rings. The summed E-state index contributed by atoms with van der Waals surface area (Å²) in [4.78, 5) is 18.4. The molecule has 5 nitrogen and oxygen atoms in total. The highest BCUT2D eigenvalue weighted by Gasteiger charge is 2.23. The molecule has 3 aromatic rings. The molecular weight excluding hydrogens is 376 g/mol. The summed E-state index contributed by atoms with van der Waals surface area (Å²) in [7, 11) is 3.19. The van der Waals surface area contributed by atoms with Gasteiger partial charge in [-0.3, -0.25) is 4.79 Å². The number of hydrogen-bond donors (Lipinski definition) is 1. The number of carbonyl (C=O) groups is 1. The smallest absolute Gasteiger partial charge is 0.254 e. The number of aromatic nitrogens is 1. The summed E-state index contributed by atoms with van der Waals surface area (Å²) in [6, 6.07) is 11.9. The lowest BCUT2D eigenvalue weighted by Gasteiger charge is -2.27. The van der Waals surface area contributed by atoms with Gasteiger partial charge in [0.2, 0.25) is 0 Å². The highest BCUT2D eigenvalue weighted by Crippen LogP contribution is 2.35. The van der Waals surface area contributed by atoms with Crippen molar-refractivity contribution in [1.29, 1.82) is 0 Å². The van der Waals surface area contributed by atoms with Gasteiger partial charge in [0.05, 0.1) is 14.2 Å². The van der Waals surface area contributed by atoms with Crippen molar-refractivity contribution in [3.05, 3.63) is 71.4 Å². The highest BCUT2D eigenvalue weighted by atomic mass is 16.5. The quantitative estimate of drug-likeness (QED) is 0.642. The van der Waals surface area contributed by atoms with Gasteiger partial charge in [-0.25, -0.2) is 0 Å². The predicted molar refractivity (Wildman–Crippen MR) is 121 cm³/mol. The van der Waals surface area contributed by atoms with Crippen molar-refractivity contribution in [3.63, 3.8) is 0 Å². The van der Waals surface area contributed by atoms with Crippen LogP contribution in [0.3, 0.4) is 0 Å². The van der Waals surface area contributed by atoms with Crippen LogP contribution in [0, 0.1) is 0 Å². The molecule has 0 spiro atoms. The Morgan fingerprint density at radius 2 is 2.00 bits per heavy atom. The topological polar surface area (TPSA) is 54.6 Å². The molecule has 154 valence electrons. The largest absolute Gasteiger partial charge is 0.493 e. The molecule has 0 saturated carbocycles. The zero-order valence-electron chi connectivity index (χ0n) is 17.6. The fourth-order valence-electron chi connectivity index (χ4n) is 4.04. The third-order valence-corrected chi connectivity index (χ3v) is 5.53. The first-order chi connectivity index (χ1) is 14.7. The number of benzene rings is 2. The van der Waals surface area contributed by atoms with E-state index in [2.05, 4.69) is 35.5 Å². The number of amides is 1. The zero-order valence-corrected chi connectivity index (χ0v) is 17.6. The first kappa shape index (κ1) is 19.8. The van der Waals surface area contributed by atoms with Gasteiger partial charge in [0.1, 0.15) is 0 Å². The number of para-hydroxylation sites is 1. The molecule has 2 heterocycles. The maximum Gasteiger partial charge on any atom is 0.254 e.